The summed E-state index contributed by atoms with van der Waals surface area (Å²) in [6.45, 7) is 2.80. The fourth-order valence-corrected chi connectivity index (χ4v) is 2.82. The molecule has 0 bridgehead atoms. The Morgan fingerprint density at radius 1 is 1.31 bits per heavy atom. The Morgan fingerprint density at radius 3 is 2.25 bits per heavy atom. The summed E-state index contributed by atoms with van der Waals surface area (Å²) in [6.07, 6.45) is 0. The van der Waals surface area contributed by atoms with E-state index in [2.05, 4.69) is 12.6 Å². The molecular formula is C11H14O3S2. The van der Waals surface area contributed by atoms with E-state index in [-0.39, 0.29) is 10.5 Å². The second-order valence-electron chi connectivity index (χ2n) is 3.95. The minimum absolute atomic E-state index is 0.126. The van der Waals surface area contributed by atoms with Crippen molar-refractivity contribution < 1.29 is 13.2 Å². The van der Waals surface area contributed by atoms with E-state index < -0.39 is 9.84 Å². The molecule has 0 radical (unpaired) electrons. The molecule has 88 valence electrons. The van der Waals surface area contributed by atoms with Gasteiger partial charge < -0.3 is 4.74 Å². The second kappa shape index (κ2) is 4.05. The topological polar surface area (TPSA) is 43.4 Å². The van der Waals surface area contributed by atoms with Crippen LogP contribution in [0.2, 0.25) is 0 Å². The first-order valence-corrected chi connectivity index (χ1v) is 7.21. The van der Waals surface area contributed by atoms with Crippen LogP contribution in [0, 0.1) is 0 Å². The highest BCUT2D eigenvalue weighted by Crippen LogP contribution is 2.36. The lowest BCUT2D eigenvalue weighted by Gasteiger charge is -2.37. The van der Waals surface area contributed by atoms with Gasteiger partial charge in [-0.3, -0.25) is 0 Å². The first-order chi connectivity index (χ1) is 7.48. The van der Waals surface area contributed by atoms with Gasteiger partial charge in [0.25, 0.3) is 0 Å². The van der Waals surface area contributed by atoms with Crippen LogP contribution in [0.5, 0.6) is 0 Å². The summed E-state index contributed by atoms with van der Waals surface area (Å²) in [4.78, 5) is 0.371. The van der Waals surface area contributed by atoms with E-state index in [4.69, 9.17) is 4.74 Å². The molecule has 0 aromatic heterocycles. The van der Waals surface area contributed by atoms with Crippen molar-refractivity contribution in [2.24, 2.45) is 0 Å². The van der Waals surface area contributed by atoms with Gasteiger partial charge in [-0.15, -0.1) is 0 Å². The molecule has 0 atom stereocenters. The van der Waals surface area contributed by atoms with E-state index in [9.17, 15) is 8.42 Å². The summed E-state index contributed by atoms with van der Waals surface area (Å²) in [5.74, 6) is 0.126. The number of thiol groups is 1. The molecule has 1 saturated heterocycles. The lowest BCUT2D eigenvalue weighted by atomic mass is 9.96. The molecule has 2 rings (SSSR count). The van der Waals surface area contributed by atoms with Crippen LogP contribution in [0.1, 0.15) is 12.5 Å². The fourth-order valence-electron chi connectivity index (χ4n) is 1.60. The van der Waals surface area contributed by atoms with E-state index in [1.807, 2.05) is 12.1 Å². The third-order valence-electron chi connectivity index (χ3n) is 2.81. The van der Waals surface area contributed by atoms with Crippen molar-refractivity contribution in [2.45, 2.75) is 16.6 Å². The molecule has 1 aromatic rings. The van der Waals surface area contributed by atoms with Crippen molar-refractivity contribution in [1.29, 1.82) is 0 Å². The minimum atomic E-state index is -3.11. The summed E-state index contributed by atoms with van der Waals surface area (Å²) < 4.78 is 28.1. The SMILES string of the molecule is CCS(=O)(=O)c1ccc(C2(S)COC2)cc1. The Bertz CT molecular complexity index is 472. The van der Waals surface area contributed by atoms with E-state index in [0.29, 0.717) is 18.1 Å². The summed E-state index contributed by atoms with van der Waals surface area (Å²) in [6, 6.07) is 6.92. The predicted molar refractivity (Wildman–Crippen MR) is 65.7 cm³/mol. The first kappa shape index (κ1) is 12.0. The lowest BCUT2D eigenvalue weighted by Crippen LogP contribution is -2.41. The monoisotopic (exact) mass is 258 g/mol. The van der Waals surface area contributed by atoms with Gasteiger partial charge in [0, 0.05) is 0 Å². The Hall–Kier alpha value is -0.520. The number of benzene rings is 1. The van der Waals surface area contributed by atoms with Crippen molar-refractivity contribution in [2.75, 3.05) is 19.0 Å². The number of hydrogen-bond donors (Lipinski definition) is 1. The van der Waals surface area contributed by atoms with E-state index in [1.165, 1.54) is 0 Å². The van der Waals surface area contributed by atoms with E-state index in [0.717, 1.165) is 5.56 Å². The van der Waals surface area contributed by atoms with Gasteiger partial charge in [0.15, 0.2) is 9.84 Å². The highest BCUT2D eigenvalue weighted by atomic mass is 32.2. The van der Waals surface area contributed by atoms with Crippen LogP contribution in [0.3, 0.4) is 0 Å². The van der Waals surface area contributed by atoms with Gasteiger partial charge in [0.05, 0.1) is 28.6 Å². The summed E-state index contributed by atoms with van der Waals surface area (Å²) >= 11 is 4.52. The van der Waals surface area contributed by atoms with E-state index in [1.54, 1.807) is 19.1 Å². The Morgan fingerprint density at radius 2 is 1.88 bits per heavy atom. The summed E-state index contributed by atoms with van der Waals surface area (Å²) in [5.41, 5.74) is 1.01. The zero-order valence-corrected chi connectivity index (χ0v) is 10.7. The smallest absolute Gasteiger partial charge is 0.178 e. The molecule has 5 heteroatoms. The van der Waals surface area contributed by atoms with Crippen molar-refractivity contribution in [1.82, 2.24) is 0 Å². The zero-order chi connectivity index (χ0) is 11.8. The molecular weight excluding hydrogens is 244 g/mol. The molecule has 0 saturated carbocycles. The average Bonchev–Trinajstić information content (AvgIpc) is 2.26. The van der Waals surface area contributed by atoms with Gasteiger partial charge in [-0.25, -0.2) is 8.42 Å². The highest BCUT2D eigenvalue weighted by Gasteiger charge is 2.36. The van der Waals surface area contributed by atoms with Crippen molar-refractivity contribution in [3.63, 3.8) is 0 Å². The van der Waals surface area contributed by atoms with Crippen LogP contribution >= 0.6 is 12.6 Å². The fraction of sp³-hybridized carbons (Fsp3) is 0.455. The summed E-state index contributed by atoms with van der Waals surface area (Å²) in [5, 5.41) is 0. The van der Waals surface area contributed by atoms with Crippen LogP contribution in [0.25, 0.3) is 0 Å². The maximum atomic E-state index is 11.6. The number of hydrogen-bond acceptors (Lipinski definition) is 4. The van der Waals surface area contributed by atoms with Crippen molar-refractivity contribution >= 4 is 22.5 Å². The van der Waals surface area contributed by atoms with Gasteiger partial charge >= 0.3 is 0 Å². The first-order valence-electron chi connectivity index (χ1n) is 5.11. The highest BCUT2D eigenvalue weighted by molar-refractivity contribution is 7.91. The molecule has 1 fully saturated rings. The maximum absolute atomic E-state index is 11.6. The zero-order valence-electron chi connectivity index (χ0n) is 9.01. The van der Waals surface area contributed by atoms with Gasteiger partial charge in [0.2, 0.25) is 0 Å². The molecule has 0 unspecified atom stereocenters. The van der Waals surface area contributed by atoms with Gasteiger partial charge in [-0.2, -0.15) is 12.6 Å². The second-order valence-corrected chi connectivity index (χ2v) is 7.09. The minimum Gasteiger partial charge on any atom is -0.378 e. The van der Waals surface area contributed by atoms with Crippen LogP contribution < -0.4 is 0 Å². The quantitative estimate of drug-likeness (QED) is 0.838. The Balaban J connectivity index is 2.30. The van der Waals surface area contributed by atoms with Gasteiger partial charge in [-0.1, -0.05) is 19.1 Å². The Kier molecular flexibility index (Phi) is 3.03. The number of rotatable bonds is 3. The third-order valence-corrected chi connectivity index (χ3v) is 5.08. The van der Waals surface area contributed by atoms with Crippen LogP contribution in [-0.4, -0.2) is 27.4 Å². The molecule has 1 aliphatic rings. The largest absolute Gasteiger partial charge is 0.378 e. The maximum Gasteiger partial charge on any atom is 0.178 e. The predicted octanol–water partition coefficient (Wildman–Crippen LogP) is 1.64. The molecule has 1 aliphatic heterocycles. The Labute approximate surface area is 101 Å². The molecule has 16 heavy (non-hydrogen) atoms. The summed E-state index contributed by atoms with van der Waals surface area (Å²) in [7, 11) is -3.11. The molecule has 3 nitrogen and oxygen atoms in total. The van der Waals surface area contributed by atoms with Crippen LogP contribution in [0.4, 0.5) is 0 Å². The number of sulfone groups is 1. The number of ether oxygens (including phenoxy) is 1. The standard InChI is InChI=1S/C11H14O3S2/c1-2-16(12,13)10-5-3-9(4-6-10)11(15)7-14-8-11/h3-6,15H,2,7-8H2,1H3. The average molecular weight is 258 g/mol. The normalized spacial score (nSPS) is 19.1. The molecule has 1 aromatic carbocycles. The third kappa shape index (κ3) is 1.99. The molecule has 0 spiro atoms. The van der Waals surface area contributed by atoms with Crippen LogP contribution in [0.15, 0.2) is 29.2 Å². The van der Waals surface area contributed by atoms with Crippen molar-refractivity contribution in [3.05, 3.63) is 29.8 Å². The van der Waals surface area contributed by atoms with Gasteiger partial charge in [-0.05, 0) is 17.7 Å². The van der Waals surface area contributed by atoms with Crippen molar-refractivity contribution in [3.8, 4) is 0 Å². The molecule has 0 N–H and O–H groups in total. The van der Waals surface area contributed by atoms with E-state index >= 15 is 0 Å². The lowest BCUT2D eigenvalue weighted by molar-refractivity contribution is -0.00971. The van der Waals surface area contributed by atoms with Gasteiger partial charge in [0.1, 0.15) is 0 Å². The molecule has 0 amide bonds. The molecule has 0 aliphatic carbocycles. The molecule has 1 heterocycles. The van der Waals surface area contributed by atoms with Crippen LogP contribution in [-0.2, 0) is 19.3 Å².